The van der Waals surface area contributed by atoms with Gasteiger partial charge in [0.1, 0.15) is 66.5 Å². The zero-order valence-corrected chi connectivity index (χ0v) is 50.3. The van der Waals surface area contributed by atoms with Gasteiger partial charge < -0.3 is 96.3 Å². The second-order valence-corrected chi connectivity index (χ2v) is 25.0. The summed E-state index contributed by atoms with van der Waals surface area (Å²) in [7, 11) is 3.24. The highest BCUT2D eigenvalue weighted by Crippen LogP contribution is 2.26. The highest BCUT2D eigenvalue weighted by molar-refractivity contribution is 8.77. The Kier molecular flexibility index (Phi) is 31.4. The summed E-state index contributed by atoms with van der Waals surface area (Å²) < 4.78 is 0. The van der Waals surface area contributed by atoms with Gasteiger partial charge in [0.05, 0.1) is 26.0 Å². The van der Waals surface area contributed by atoms with E-state index in [-0.39, 0.29) is 63.3 Å². The van der Waals surface area contributed by atoms with Gasteiger partial charge in [-0.15, -0.1) is 0 Å². The van der Waals surface area contributed by atoms with E-state index < -0.39 is 198 Å². The van der Waals surface area contributed by atoms with Crippen molar-refractivity contribution in [2.45, 2.75) is 151 Å². The third kappa shape index (κ3) is 24.2. The lowest BCUT2D eigenvalue weighted by Gasteiger charge is -2.30. The van der Waals surface area contributed by atoms with Crippen LogP contribution in [0.25, 0.3) is 0 Å². The number of hydrogen-bond donors (Lipinski definition) is 17. The lowest BCUT2D eigenvalue weighted by atomic mass is 9.96. The van der Waals surface area contributed by atoms with Crippen LogP contribution in [0.2, 0.25) is 0 Å². The summed E-state index contributed by atoms with van der Waals surface area (Å²) in [5.74, 6) is -18.5. The van der Waals surface area contributed by atoms with Gasteiger partial charge >= 0.3 is 11.9 Å². The number of amides is 12. The van der Waals surface area contributed by atoms with Crippen LogP contribution in [-0.2, 0) is 67.1 Å². The number of nitrogens with one attached hydrogen (secondary N) is 10. The van der Waals surface area contributed by atoms with Crippen LogP contribution >= 0.6 is 43.2 Å². The topological polar surface area (TPSA) is 540 Å². The largest absolute Gasteiger partial charge is 0.481 e. The van der Waals surface area contributed by atoms with Gasteiger partial charge in [-0.1, -0.05) is 83.2 Å². The molecule has 3 aliphatic heterocycles. The van der Waals surface area contributed by atoms with Crippen molar-refractivity contribution in [1.29, 1.82) is 0 Å². The minimum absolute atomic E-state index is 0.00926. The Hall–Kier alpha value is -6.83. The molecule has 0 radical (unpaired) electrons. The van der Waals surface area contributed by atoms with Gasteiger partial charge in [0, 0.05) is 36.1 Å². The van der Waals surface area contributed by atoms with E-state index in [9.17, 15) is 82.4 Å². The number of unbranched alkanes of at least 4 members (excludes halogenated alkanes) is 1. The van der Waals surface area contributed by atoms with Crippen LogP contribution in [0.4, 0.5) is 0 Å². The van der Waals surface area contributed by atoms with Crippen LogP contribution in [0.15, 0.2) is 4.99 Å². The van der Waals surface area contributed by atoms with E-state index in [1.54, 1.807) is 20.8 Å². The molecule has 33 nitrogen and oxygen atoms in total. The Bertz CT molecular complexity index is 2460. The maximum atomic E-state index is 14.6. The van der Waals surface area contributed by atoms with Crippen molar-refractivity contribution < 1.29 is 82.4 Å². The van der Waals surface area contributed by atoms with E-state index in [1.807, 2.05) is 0 Å². The molecule has 0 aromatic carbocycles. The molecular weight excluding hydrogens is 1200 g/mol. The number of aliphatic hydroxyl groups is 1. The van der Waals surface area contributed by atoms with E-state index in [0.29, 0.717) is 12.8 Å². The number of carbonyl (C=O) groups is 14. The molecule has 3 saturated heterocycles. The van der Waals surface area contributed by atoms with E-state index >= 15 is 0 Å². The Morgan fingerprint density at radius 1 is 0.635 bits per heavy atom. The lowest BCUT2D eigenvalue weighted by molar-refractivity contribution is -0.146. The van der Waals surface area contributed by atoms with Gasteiger partial charge in [-0.05, 0) is 38.0 Å². The molecule has 12 atom stereocenters. The zero-order valence-electron chi connectivity index (χ0n) is 47.1. The van der Waals surface area contributed by atoms with Crippen LogP contribution in [0.5, 0.6) is 0 Å². The molecule has 0 saturated carbocycles. The van der Waals surface area contributed by atoms with Gasteiger partial charge in [-0.2, -0.15) is 0 Å². The number of primary amides is 1. The molecule has 3 fully saturated rings. The fourth-order valence-corrected chi connectivity index (χ4v) is 13.1. The number of fused-ring (bicyclic) bond motifs is 9. The Labute approximate surface area is 504 Å². The van der Waals surface area contributed by atoms with Gasteiger partial charge in [0.2, 0.25) is 70.9 Å². The lowest BCUT2D eigenvalue weighted by Crippen LogP contribution is -2.62. The molecule has 1 unspecified atom stereocenters. The fraction of sp³-hybridized carbons (Fsp3) is 0.688. The fourth-order valence-electron chi connectivity index (χ4n) is 8.49. The minimum Gasteiger partial charge on any atom is -0.481 e. The van der Waals surface area contributed by atoms with Gasteiger partial charge in [0.15, 0.2) is 5.96 Å². The van der Waals surface area contributed by atoms with E-state index in [0.717, 1.165) is 48.1 Å². The average Bonchev–Trinajstić information content (AvgIpc) is 3.97. The summed E-state index contributed by atoms with van der Waals surface area (Å²) in [5.41, 5.74) is 22.2. The molecule has 3 aliphatic rings. The normalized spacial score (nSPS) is 27.5. The Morgan fingerprint density at radius 2 is 1.16 bits per heavy atom. The summed E-state index contributed by atoms with van der Waals surface area (Å²) >= 11 is 0. The van der Waals surface area contributed by atoms with E-state index in [1.165, 1.54) is 0 Å². The van der Waals surface area contributed by atoms with Crippen LogP contribution in [-0.4, -0.2) is 225 Å². The average molecular weight is 1280 g/mol. The monoisotopic (exact) mass is 1280 g/mol. The highest BCUT2D eigenvalue weighted by Gasteiger charge is 2.42. The molecule has 85 heavy (non-hydrogen) atoms. The molecule has 0 spiro atoms. The molecule has 3 rings (SSSR count). The van der Waals surface area contributed by atoms with Crippen LogP contribution in [0.3, 0.4) is 0 Å². The van der Waals surface area contributed by atoms with Crippen molar-refractivity contribution in [3.8, 4) is 0 Å². The highest BCUT2D eigenvalue weighted by atomic mass is 33.1. The zero-order chi connectivity index (χ0) is 63.5. The third-order valence-electron chi connectivity index (χ3n) is 13.4. The summed E-state index contributed by atoms with van der Waals surface area (Å²) in [4.78, 5) is 198. The second-order valence-electron chi connectivity index (χ2n) is 19.9. The predicted molar refractivity (Wildman–Crippen MR) is 313 cm³/mol. The summed E-state index contributed by atoms with van der Waals surface area (Å²) in [5, 5.41) is 55.0. The maximum Gasteiger partial charge on any atom is 0.327 e. The predicted octanol–water partition coefficient (Wildman–Crippen LogP) is -6.71. The number of hydrogen-bond acceptors (Lipinski definition) is 21. The summed E-state index contributed by atoms with van der Waals surface area (Å²) in [6.07, 6.45) is -0.958. The molecule has 0 aromatic rings. The number of carboxylic acid groups (broad SMARTS) is 2. The number of carboxylic acids is 2. The molecule has 21 N–H and O–H groups in total. The molecule has 3 heterocycles. The standard InChI is InChI=1S/C48H78N16O17S4/c1-4-6-9-23-38(71)62-31(47(80)81)21-85-84-20-30-43(76)59-27(17-65)40(73)58-26(15-35(68)69)46(79)64-13-8-11-32(64)44(77)55-24(10-7-12-53-48(51)52)37(70)60-29(19-83-82-18-28(41(74)61-30)54-34(67)16-49)42(75)57-25(14-33(50)66)39(72)63-36(22(3)5-2)45(78)56-23/h22-32,36,65H,4-21,49H2,1-3H3,(H2,50,66)(H,54,67)(H,55,77)(H,56,78)(H,57,75)(H,58,73)(H,59,76)(H,60,70)(H,61,74)(H,62,71)(H,63,72)(H,68,69)(H,80,81)(H4,51,52,53)/t22-,23-,24-,25-,26-,27-,28-,29-,30-,31-,32-,36?/m0/s1. The number of rotatable bonds is 17. The number of nitrogens with two attached hydrogens (primary N) is 4. The molecule has 12 amide bonds. The van der Waals surface area contributed by atoms with Crippen molar-refractivity contribution in [1.82, 2.24) is 58.1 Å². The molecule has 37 heteroatoms. The molecular formula is C48H78N16O17S4. The smallest absolute Gasteiger partial charge is 0.327 e. The van der Waals surface area contributed by atoms with Crippen molar-refractivity contribution in [3.63, 3.8) is 0 Å². The Balaban J connectivity index is 2.37. The van der Waals surface area contributed by atoms with E-state index in [4.69, 9.17) is 22.9 Å². The molecule has 2 bridgehead atoms. The third-order valence-corrected chi connectivity index (χ3v) is 18.2. The number of aliphatic hydroxyl groups excluding tert-OH is 1. The second kappa shape index (κ2) is 36.9. The summed E-state index contributed by atoms with van der Waals surface area (Å²) in [6.45, 7) is 3.01. The number of aliphatic imine (C=N–C) groups is 1. The first-order chi connectivity index (χ1) is 40.2. The first kappa shape index (κ1) is 72.4. The van der Waals surface area contributed by atoms with Crippen molar-refractivity contribution in [3.05, 3.63) is 0 Å². The van der Waals surface area contributed by atoms with Gasteiger partial charge in [0.25, 0.3) is 0 Å². The molecule has 0 aliphatic carbocycles. The number of guanidine groups is 1. The molecule has 476 valence electrons. The summed E-state index contributed by atoms with van der Waals surface area (Å²) in [6, 6.07) is -18.2. The SMILES string of the molecule is CCCC[C@@H]1NC(=O)C([C@@H](C)CC)NC(=O)[C@H](CC(N)=O)NC(=O)[C@@H]2CSSC[C@H](NC(=O)CN)C(=O)N[C@@H](CSSC[C@@H](C(=O)O)NC1=O)C(=O)N[C@@H](CO)C(=O)N[C@@H](CC(=O)O)C(=O)N1CCC[C@H]1C(=O)N[C@@H](CCCN=C(N)N)C(=O)N2. The quantitative estimate of drug-likeness (QED) is 0.0279. The molecule has 0 aromatic heterocycles. The minimum atomic E-state index is -1.95. The van der Waals surface area contributed by atoms with Crippen LogP contribution in [0, 0.1) is 5.92 Å². The van der Waals surface area contributed by atoms with Crippen molar-refractivity contribution in [2.24, 2.45) is 33.8 Å². The first-order valence-corrected chi connectivity index (χ1v) is 32.1. The van der Waals surface area contributed by atoms with Gasteiger partial charge in [-0.25, -0.2) is 4.79 Å². The maximum absolute atomic E-state index is 14.6. The first-order valence-electron chi connectivity index (χ1n) is 27.2. The number of carbonyl (C=O) groups excluding carboxylic acids is 12. The Morgan fingerprint density at radius 3 is 1.73 bits per heavy atom. The van der Waals surface area contributed by atoms with E-state index in [2.05, 4.69) is 58.2 Å². The number of aliphatic carboxylic acids is 2. The van der Waals surface area contributed by atoms with Crippen LogP contribution in [0.1, 0.15) is 85.0 Å². The van der Waals surface area contributed by atoms with Crippen LogP contribution < -0.4 is 76.1 Å². The van der Waals surface area contributed by atoms with Crippen molar-refractivity contribution >= 4 is 132 Å². The number of nitrogens with zero attached hydrogens (tertiary/aromatic N) is 2. The van der Waals surface area contributed by atoms with Crippen molar-refractivity contribution in [2.75, 3.05) is 49.3 Å². The van der Waals surface area contributed by atoms with Gasteiger partial charge in [-0.3, -0.25) is 67.3 Å².